The summed E-state index contributed by atoms with van der Waals surface area (Å²) in [6.45, 7) is 6.73. The van der Waals surface area contributed by atoms with Crippen molar-refractivity contribution in [2.24, 2.45) is 0 Å². The standard InChI is InChI=1S/C22H31N3O8/c1-6-31-20(28)23-19(27)25(32-14-15-10-8-7-9-11-15)16-12-17(18(26)30-5)24(13-16)21(29)33-22(2,3)4/h7-11,16-17H,6,12-14H2,1-5H3,(H,23,27,28)/t16?,17-/m0/s1. The van der Waals surface area contributed by atoms with Crippen LogP contribution in [-0.2, 0) is 30.4 Å². The van der Waals surface area contributed by atoms with Crippen molar-refractivity contribution in [1.29, 1.82) is 0 Å². The lowest BCUT2D eigenvalue weighted by Crippen LogP contribution is -2.49. The van der Waals surface area contributed by atoms with E-state index in [0.29, 0.717) is 0 Å². The van der Waals surface area contributed by atoms with E-state index in [1.165, 1.54) is 12.0 Å². The van der Waals surface area contributed by atoms with Gasteiger partial charge in [0.2, 0.25) is 0 Å². The molecule has 0 saturated carbocycles. The first-order valence-corrected chi connectivity index (χ1v) is 10.6. The Balaban J connectivity index is 2.25. The van der Waals surface area contributed by atoms with Crippen LogP contribution in [0.3, 0.4) is 0 Å². The number of rotatable bonds is 6. The molecule has 0 bridgehead atoms. The number of esters is 1. The van der Waals surface area contributed by atoms with Crippen LogP contribution in [0.4, 0.5) is 14.4 Å². The van der Waals surface area contributed by atoms with Gasteiger partial charge >= 0.3 is 24.2 Å². The van der Waals surface area contributed by atoms with Crippen LogP contribution in [0.1, 0.15) is 39.7 Å². The van der Waals surface area contributed by atoms with Crippen LogP contribution in [-0.4, -0.2) is 72.1 Å². The average Bonchev–Trinajstić information content (AvgIpc) is 3.18. The number of carbonyl (C=O) groups is 4. The van der Waals surface area contributed by atoms with Crippen LogP contribution in [0.25, 0.3) is 0 Å². The summed E-state index contributed by atoms with van der Waals surface area (Å²) in [4.78, 5) is 56.6. The minimum absolute atomic E-state index is 0.0168. The van der Waals surface area contributed by atoms with E-state index in [2.05, 4.69) is 5.32 Å². The predicted molar refractivity (Wildman–Crippen MR) is 116 cm³/mol. The van der Waals surface area contributed by atoms with Crippen LogP contribution < -0.4 is 5.32 Å². The smallest absolute Gasteiger partial charge is 0.415 e. The Labute approximate surface area is 192 Å². The molecule has 4 amide bonds. The summed E-state index contributed by atoms with van der Waals surface area (Å²) in [5.41, 5.74) is -0.0152. The normalized spacial score (nSPS) is 17.8. The Morgan fingerprint density at radius 3 is 2.39 bits per heavy atom. The number of methoxy groups -OCH3 is 1. The van der Waals surface area contributed by atoms with E-state index < -0.39 is 41.9 Å². The summed E-state index contributed by atoms with van der Waals surface area (Å²) >= 11 is 0. The lowest BCUT2D eigenvalue weighted by atomic mass is 10.1. The van der Waals surface area contributed by atoms with E-state index in [1.54, 1.807) is 39.8 Å². The van der Waals surface area contributed by atoms with Gasteiger partial charge in [0.05, 0.1) is 19.8 Å². The first-order valence-electron chi connectivity index (χ1n) is 10.6. The number of alkyl carbamates (subject to hydrolysis) is 1. The van der Waals surface area contributed by atoms with Crippen molar-refractivity contribution in [3.63, 3.8) is 0 Å². The van der Waals surface area contributed by atoms with Crippen molar-refractivity contribution < 1.29 is 38.2 Å². The summed E-state index contributed by atoms with van der Waals surface area (Å²) in [5, 5.41) is 3.03. The van der Waals surface area contributed by atoms with Crippen molar-refractivity contribution in [3.05, 3.63) is 35.9 Å². The molecule has 1 heterocycles. The lowest BCUT2D eigenvalue weighted by molar-refractivity contribution is -0.152. The van der Waals surface area contributed by atoms with Gasteiger partial charge in [-0.3, -0.25) is 9.74 Å². The molecule has 1 unspecified atom stereocenters. The molecule has 1 aromatic rings. The van der Waals surface area contributed by atoms with Crippen LogP contribution >= 0.6 is 0 Å². The maximum absolute atomic E-state index is 12.8. The molecule has 0 aromatic heterocycles. The van der Waals surface area contributed by atoms with Crippen molar-refractivity contribution in [2.45, 2.75) is 58.4 Å². The van der Waals surface area contributed by atoms with Crippen LogP contribution in [0.15, 0.2) is 30.3 Å². The number of carbonyl (C=O) groups excluding carboxylic acids is 4. The first-order chi connectivity index (χ1) is 15.6. The first kappa shape index (κ1) is 25.9. The predicted octanol–water partition coefficient (Wildman–Crippen LogP) is 2.84. The molecule has 2 rings (SSSR count). The van der Waals surface area contributed by atoms with Crippen LogP contribution in [0.5, 0.6) is 0 Å². The van der Waals surface area contributed by atoms with E-state index in [-0.39, 0.29) is 26.2 Å². The third-order valence-corrected chi connectivity index (χ3v) is 4.61. The summed E-state index contributed by atoms with van der Waals surface area (Å²) in [7, 11) is 1.21. The number of hydrogen-bond donors (Lipinski definition) is 1. The number of nitrogens with zero attached hydrogens (tertiary/aromatic N) is 2. The Morgan fingerprint density at radius 2 is 1.82 bits per heavy atom. The molecule has 33 heavy (non-hydrogen) atoms. The zero-order valence-electron chi connectivity index (χ0n) is 19.5. The number of imide groups is 1. The Hall–Kier alpha value is -3.34. The number of hydroxylamine groups is 2. The minimum Gasteiger partial charge on any atom is -0.467 e. The third kappa shape index (κ3) is 7.63. The van der Waals surface area contributed by atoms with E-state index in [9.17, 15) is 19.2 Å². The third-order valence-electron chi connectivity index (χ3n) is 4.61. The van der Waals surface area contributed by atoms with E-state index in [1.807, 2.05) is 18.2 Å². The quantitative estimate of drug-likeness (QED) is 0.386. The Kier molecular flexibility index (Phi) is 9.03. The molecule has 11 nitrogen and oxygen atoms in total. The maximum atomic E-state index is 12.8. The molecule has 0 radical (unpaired) electrons. The van der Waals surface area contributed by atoms with Gasteiger partial charge in [0.1, 0.15) is 18.2 Å². The van der Waals surface area contributed by atoms with Gasteiger partial charge in [-0.25, -0.2) is 24.5 Å². The van der Waals surface area contributed by atoms with Gasteiger partial charge < -0.3 is 14.2 Å². The zero-order chi connectivity index (χ0) is 24.6. The SMILES string of the molecule is CCOC(=O)NC(=O)N(OCc1ccccc1)C1C[C@@H](C(=O)OC)N(C(=O)OC(C)(C)C)C1. The topological polar surface area (TPSA) is 124 Å². The molecule has 1 aliphatic heterocycles. The van der Waals surface area contributed by atoms with E-state index in [0.717, 1.165) is 10.6 Å². The highest BCUT2D eigenvalue weighted by Gasteiger charge is 2.46. The maximum Gasteiger partial charge on any atom is 0.415 e. The van der Waals surface area contributed by atoms with Gasteiger partial charge in [-0.1, -0.05) is 30.3 Å². The van der Waals surface area contributed by atoms with Gasteiger partial charge in [-0.2, -0.15) is 5.06 Å². The second-order valence-corrected chi connectivity index (χ2v) is 8.30. The summed E-state index contributed by atoms with van der Waals surface area (Å²) < 4.78 is 15.0. The minimum atomic E-state index is -0.993. The van der Waals surface area contributed by atoms with Crippen LogP contribution in [0.2, 0.25) is 0 Å². The number of hydrogen-bond acceptors (Lipinski definition) is 8. The fourth-order valence-electron chi connectivity index (χ4n) is 3.22. The Bertz CT molecular complexity index is 840. The fraction of sp³-hybridized carbons (Fsp3) is 0.545. The molecule has 2 atom stereocenters. The highest BCUT2D eigenvalue weighted by molar-refractivity contribution is 5.90. The summed E-state index contributed by atoms with van der Waals surface area (Å²) in [6.07, 6.45) is -1.65. The molecular weight excluding hydrogens is 434 g/mol. The number of benzene rings is 1. The van der Waals surface area contributed by atoms with Gasteiger partial charge in [0.15, 0.2) is 0 Å². The highest BCUT2D eigenvalue weighted by atomic mass is 16.7. The van der Waals surface area contributed by atoms with Crippen molar-refractivity contribution in [2.75, 3.05) is 20.3 Å². The number of likely N-dealkylation sites (tertiary alicyclic amines) is 1. The average molecular weight is 466 g/mol. The number of ether oxygens (including phenoxy) is 3. The lowest BCUT2D eigenvalue weighted by Gasteiger charge is -2.28. The molecule has 11 heteroatoms. The highest BCUT2D eigenvalue weighted by Crippen LogP contribution is 2.26. The molecule has 182 valence electrons. The molecule has 1 fully saturated rings. The van der Waals surface area contributed by atoms with Crippen molar-refractivity contribution in [3.8, 4) is 0 Å². The molecule has 0 spiro atoms. The molecule has 1 saturated heterocycles. The van der Waals surface area contributed by atoms with Crippen LogP contribution in [0, 0.1) is 0 Å². The molecular formula is C22H31N3O8. The van der Waals surface area contributed by atoms with Gasteiger partial charge in [0, 0.05) is 13.0 Å². The van der Waals surface area contributed by atoms with Gasteiger partial charge in [-0.05, 0) is 33.3 Å². The van der Waals surface area contributed by atoms with E-state index >= 15 is 0 Å². The molecule has 1 N–H and O–H groups in total. The van der Waals surface area contributed by atoms with Gasteiger partial charge in [0.25, 0.3) is 0 Å². The van der Waals surface area contributed by atoms with Crippen molar-refractivity contribution in [1.82, 2.24) is 15.3 Å². The summed E-state index contributed by atoms with van der Waals surface area (Å²) in [5.74, 6) is -0.655. The zero-order valence-corrected chi connectivity index (χ0v) is 19.5. The number of nitrogens with one attached hydrogen (secondary N) is 1. The second kappa shape index (κ2) is 11.5. The second-order valence-electron chi connectivity index (χ2n) is 8.30. The monoisotopic (exact) mass is 465 g/mol. The Morgan fingerprint density at radius 1 is 1.15 bits per heavy atom. The number of urea groups is 1. The van der Waals surface area contributed by atoms with E-state index in [4.69, 9.17) is 19.0 Å². The fourth-order valence-corrected chi connectivity index (χ4v) is 3.22. The largest absolute Gasteiger partial charge is 0.467 e. The molecule has 0 aliphatic carbocycles. The summed E-state index contributed by atoms with van der Waals surface area (Å²) in [6, 6.07) is 6.44. The molecule has 1 aliphatic rings. The van der Waals surface area contributed by atoms with Gasteiger partial charge in [-0.15, -0.1) is 0 Å². The molecule has 1 aromatic carbocycles. The van der Waals surface area contributed by atoms with Crippen molar-refractivity contribution >= 4 is 24.2 Å². The number of amides is 4.